The number of hydrogen-bond donors (Lipinski definition) is 2. The van der Waals surface area contributed by atoms with Crippen molar-refractivity contribution in [2.24, 2.45) is 0 Å². The van der Waals surface area contributed by atoms with Crippen molar-refractivity contribution < 1.29 is 27.5 Å². The van der Waals surface area contributed by atoms with Crippen LogP contribution in [0.25, 0.3) is 0 Å². The standard InChI is InChI=1S/C20H19ClN2O6S/c1-28-15-9-8-13(21)10-16(15)30(26,27)11-14-17(19(24)29-2)18(23-20(25)22-14)12-6-4-3-5-7-12/h3-10,18H,11H2,1-2H3,(H2,22,23,25)/t18-/m1/s1. The first kappa shape index (κ1) is 21.7. The minimum Gasteiger partial charge on any atom is -0.495 e. The van der Waals surface area contributed by atoms with Crippen LogP contribution in [0.5, 0.6) is 5.75 Å². The van der Waals surface area contributed by atoms with Gasteiger partial charge in [-0.25, -0.2) is 18.0 Å². The number of nitrogens with one attached hydrogen (secondary N) is 2. The zero-order valence-electron chi connectivity index (χ0n) is 16.1. The molecule has 1 aliphatic heterocycles. The van der Waals surface area contributed by atoms with Gasteiger partial charge in [0.2, 0.25) is 0 Å². The molecule has 1 aliphatic rings. The van der Waals surface area contributed by atoms with E-state index in [1.165, 1.54) is 32.4 Å². The zero-order chi connectivity index (χ0) is 21.9. The zero-order valence-corrected chi connectivity index (χ0v) is 17.7. The second-order valence-corrected chi connectivity index (χ2v) is 8.77. The summed E-state index contributed by atoms with van der Waals surface area (Å²) >= 11 is 5.96. The molecule has 0 saturated carbocycles. The number of carbonyl (C=O) groups excluding carboxylic acids is 2. The van der Waals surface area contributed by atoms with Crippen LogP contribution in [0.4, 0.5) is 4.79 Å². The molecule has 2 aromatic carbocycles. The summed E-state index contributed by atoms with van der Waals surface area (Å²) in [5, 5.41) is 5.27. The summed E-state index contributed by atoms with van der Waals surface area (Å²) in [6.45, 7) is 0. The van der Waals surface area contributed by atoms with Crippen molar-refractivity contribution >= 4 is 33.4 Å². The molecule has 0 bridgehead atoms. The Hall–Kier alpha value is -3.04. The van der Waals surface area contributed by atoms with Gasteiger partial charge in [0, 0.05) is 10.7 Å². The van der Waals surface area contributed by atoms with E-state index in [0.29, 0.717) is 5.56 Å². The van der Waals surface area contributed by atoms with Gasteiger partial charge in [-0.2, -0.15) is 0 Å². The molecule has 158 valence electrons. The second-order valence-electron chi connectivity index (χ2n) is 6.38. The molecule has 0 aliphatic carbocycles. The third-order valence-electron chi connectivity index (χ3n) is 4.49. The van der Waals surface area contributed by atoms with Crippen molar-refractivity contribution in [3.05, 3.63) is 70.4 Å². The summed E-state index contributed by atoms with van der Waals surface area (Å²) in [4.78, 5) is 24.7. The first-order valence-electron chi connectivity index (χ1n) is 8.77. The molecule has 0 spiro atoms. The number of hydrogen-bond acceptors (Lipinski definition) is 6. The highest BCUT2D eigenvalue weighted by Crippen LogP contribution is 2.32. The van der Waals surface area contributed by atoms with Gasteiger partial charge in [-0.15, -0.1) is 0 Å². The number of ether oxygens (including phenoxy) is 2. The highest BCUT2D eigenvalue weighted by Gasteiger charge is 2.36. The summed E-state index contributed by atoms with van der Waals surface area (Å²) in [5.41, 5.74) is 0.511. The fourth-order valence-corrected chi connectivity index (χ4v) is 4.90. The van der Waals surface area contributed by atoms with Gasteiger partial charge in [-0.1, -0.05) is 41.9 Å². The van der Waals surface area contributed by atoms with Crippen LogP contribution in [0.15, 0.2) is 64.7 Å². The van der Waals surface area contributed by atoms with E-state index in [9.17, 15) is 18.0 Å². The van der Waals surface area contributed by atoms with Crippen LogP contribution in [0.1, 0.15) is 11.6 Å². The lowest BCUT2D eigenvalue weighted by Crippen LogP contribution is -2.47. The van der Waals surface area contributed by atoms with E-state index in [0.717, 1.165) is 0 Å². The van der Waals surface area contributed by atoms with E-state index in [1.807, 2.05) is 0 Å². The third-order valence-corrected chi connectivity index (χ3v) is 6.38. The fourth-order valence-electron chi connectivity index (χ4n) is 3.14. The Balaban J connectivity index is 2.13. The Morgan fingerprint density at radius 3 is 2.47 bits per heavy atom. The molecule has 30 heavy (non-hydrogen) atoms. The topological polar surface area (TPSA) is 111 Å². The molecule has 0 radical (unpaired) electrons. The molecular weight excluding hydrogens is 432 g/mol. The Morgan fingerprint density at radius 1 is 1.13 bits per heavy atom. The van der Waals surface area contributed by atoms with E-state index < -0.39 is 33.6 Å². The molecular formula is C20H19ClN2O6S. The minimum absolute atomic E-state index is 0.00660. The number of carbonyl (C=O) groups is 2. The molecule has 0 unspecified atom stereocenters. The molecule has 0 aromatic heterocycles. The van der Waals surface area contributed by atoms with Gasteiger partial charge < -0.3 is 20.1 Å². The average Bonchev–Trinajstić information content (AvgIpc) is 2.73. The second kappa shape index (κ2) is 8.76. The maximum Gasteiger partial charge on any atom is 0.338 e. The van der Waals surface area contributed by atoms with Gasteiger partial charge in [-0.05, 0) is 23.8 Å². The van der Waals surface area contributed by atoms with Crippen molar-refractivity contribution in [1.29, 1.82) is 0 Å². The number of halogens is 1. The van der Waals surface area contributed by atoms with Gasteiger partial charge in [0.15, 0.2) is 9.84 Å². The van der Waals surface area contributed by atoms with Crippen molar-refractivity contribution in [2.75, 3.05) is 20.0 Å². The van der Waals surface area contributed by atoms with Crippen LogP contribution in [-0.2, 0) is 19.4 Å². The number of amides is 2. The summed E-state index contributed by atoms with van der Waals surface area (Å²) in [6.07, 6.45) is 0. The first-order chi connectivity index (χ1) is 14.3. The first-order valence-corrected chi connectivity index (χ1v) is 10.8. The summed E-state index contributed by atoms with van der Waals surface area (Å²) in [6, 6.07) is 11.4. The predicted molar refractivity (Wildman–Crippen MR) is 110 cm³/mol. The lowest BCUT2D eigenvalue weighted by molar-refractivity contribution is -0.136. The van der Waals surface area contributed by atoms with Gasteiger partial charge in [0.05, 0.1) is 31.6 Å². The Labute approximate surface area is 178 Å². The summed E-state index contributed by atoms with van der Waals surface area (Å²) in [5.74, 6) is -1.33. The lowest BCUT2D eigenvalue weighted by atomic mass is 9.96. The molecule has 0 saturated heterocycles. The van der Waals surface area contributed by atoms with E-state index in [4.69, 9.17) is 21.1 Å². The Morgan fingerprint density at radius 2 is 1.83 bits per heavy atom. The number of urea groups is 1. The third kappa shape index (κ3) is 4.42. The van der Waals surface area contributed by atoms with Crippen LogP contribution in [-0.4, -0.2) is 40.4 Å². The molecule has 1 heterocycles. The van der Waals surface area contributed by atoms with Gasteiger partial charge in [0.1, 0.15) is 10.6 Å². The number of sulfone groups is 1. The molecule has 1 atom stereocenters. The molecule has 2 N–H and O–H groups in total. The van der Waals surface area contributed by atoms with Crippen molar-refractivity contribution in [3.63, 3.8) is 0 Å². The van der Waals surface area contributed by atoms with Gasteiger partial charge in [0.25, 0.3) is 0 Å². The number of benzene rings is 2. The summed E-state index contributed by atoms with van der Waals surface area (Å²) in [7, 11) is -1.53. The quantitative estimate of drug-likeness (QED) is 0.654. The van der Waals surface area contributed by atoms with E-state index in [-0.39, 0.29) is 26.9 Å². The Bertz CT molecular complexity index is 1120. The average molecular weight is 451 g/mol. The van der Waals surface area contributed by atoms with Crippen LogP contribution in [0.3, 0.4) is 0 Å². The lowest BCUT2D eigenvalue weighted by Gasteiger charge is -2.29. The fraction of sp³-hybridized carbons (Fsp3) is 0.200. The van der Waals surface area contributed by atoms with Crippen LogP contribution in [0.2, 0.25) is 5.02 Å². The molecule has 8 nitrogen and oxygen atoms in total. The molecule has 3 rings (SSSR count). The number of esters is 1. The van der Waals surface area contributed by atoms with Gasteiger partial charge >= 0.3 is 12.0 Å². The van der Waals surface area contributed by atoms with Crippen LogP contribution in [0, 0.1) is 0 Å². The summed E-state index contributed by atoms with van der Waals surface area (Å²) < 4.78 is 36.3. The Kier molecular flexibility index (Phi) is 6.33. The molecule has 10 heteroatoms. The molecule has 0 fully saturated rings. The predicted octanol–water partition coefficient (Wildman–Crippen LogP) is 2.60. The smallest absolute Gasteiger partial charge is 0.338 e. The van der Waals surface area contributed by atoms with E-state index in [1.54, 1.807) is 30.3 Å². The molecule has 2 amide bonds. The largest absolute Gasteiger partial charge is 0.495 e. The monoisotopic (exact) mass is 450 g/mol. The van der Waals surface area contributed by atoms with Crippen LogP contribution < -0.4 is 15.4 Å². The van der Waals surface area contributed by atoms with E-state index in [2.05, 4.69) is 10.6 Å². The molecule has 2 aromatic rings. The maximum absolute atomic E-state index is 13.1. The van der Waals surface area contributed by atoms with Crippen molar-refractivity contribution in [2.45, 2.75) is 10.9 Å². The van der Waals surface area contributed by atoms with Crippen molar-refractivity contribution in [1.82, 2.24) is 10.6 Å². The minimum atomic E-state index is -4.05. The van der Waals surface area contributed by atoms with Crippen LogP contribution >= 0.6 is 11.6 Å². The normalized spacial score (nSPS) is 16.5. The van der Waals surface area contributed by atoms with E-state index >= 15 is 0 Å². The highest BCUT2D eigenvalue weighted by atomic mass is 35.5. The maximum atomic E-state index is 13.1. The number of methoxy groups -OCH3 is 2. The number of rotatable bonds is 6. The van der Waals surface area contributed by atoms with Gasteiger partial charge in [-0.3, -0.25) is 0 Å². The van der Waals surface area contributed by atoms with Crippen molar-refractivity contribution in [3.8, 4) is 5.75 Å². The highest BCUT2D eigenvalue weighted by molar-refractivity contribution is 7.91. The SMILES string of the molecule is COC(=O)C1=C(CS(=O)(=O)c2cc(Cl)ccc2OC)NC(=O)N[C@@H]1c1ccccc1.